The highest BCUT2D eigenvalue weighted by Crippen LogP contribution is 2.31. The van der Waals surface area contributed by atoms with E-state index in [1.54, 1.807) is 6.20 Å². The van der Waals surface area contributed by atoms with Crippen molar-refractivity contribution in [2.24, 2.45) is 5.92 Å². The molecule has 5 heteroatoms. The lowest BCUT2D eigenvalue weighted by molar-refractivity contribution is 0.0497. The van der Waals surface area contributed by atoms with Gasteiger partial charge in [-0.05, 0) is 74.9 Å². The van der Waals surface area contributed by atoms with Crippen molar-refractivity contribution in [2.75, 3.05) is 6.54 Å². The lowest BCUT2D eigenvalue weighted by atomic mass is 9.86. The number of piperidine rings is 1. The second kappa shape index (κ2) is 9.41. The average molecular weight is 454 g/mol. The number of nitrogens with zero attached hydrogens (tertiary/aromatic N) is 3. The van der Waals surface area contributed by atoms with Gasteiger partial charge < -0.3 is 9.32 Å². The van der Waals surface area contributed by atoms with Gasteiger partial charge in [0.1, 0.15) is 5.52 Å². The largest absolute Gasteiger partial charge is 0.441 e. The van der Waals surface area contributed by atoms with Crippen molar-refractivity contribution in [1.29, 1.82) is 0 Å². The summed E-state index contributed by atoms with van der Waals surface area (Å²) in [5, 5.41) is 0. The molecule has 0 unspecified atom stereocenters. The number of fused-ring (bicyclic) bond motifs is 1. The van der Waals surface area contributed by atoms with E-state index in [0.717, 1.165) is 65.2 Å². The normalized spacial score (nSPS) is 18.4. The van der Waals surface area contributed by atoms with E-state index in [9.17, 15) is 4.79 Å². The molecule has 1 aliphatic rings. The number of hydrogen-bond acceptors (Lipinski definition) is 4. The van der Waals surface area contributed by atoms with Gasteiger partial charge >= 0.3 is 0 Å². The van der Waals surface area contributed by atoms with Gasteiger partial charge in [-0.1, -0.05) is 36.8 Å². The van der Waals surface area contributed by atoms with Crippen LogP contribution in [0.5, 0.6) is 0 Å². The Morgan fingerprint density at radius 2 is 1.91 bits per heavy atom. The van der Waals surface area contributed by atoms with E-state index in [1.807, 2.05) is 55.5 Å². The quantitative estimate of drug-likeness (QED) is 0.352. The first-order valence-electron chi connectivity index (χ1n) is 12.2. The molecule has 34 heavy (non-hydrogen) atoms. The Morgan fingerprint density at radius 1 is 1.09 bits per heavy atom. The molecular formula is C29H31N3O2. The molecule has 0 saturated carbocycles. The fraction of sp³-hybridized carbons (Fsp3) is 0.345. The van der Waals surface area contributed by atoms with Crippen LogP contribution in [-0.4, -0.2) is 33.4 Å². The van der Waals surface area contributed by atoms with Gasteiger partial charge in [0.2, 0.25) is 0 Å². The zero-order valence-electron chi connectivity index (χ0n) is 20.1. The predicted molar refractivity (Wildman–Crippen MR) is 135 cm³/mol. The lowest BCUT2D eigenvalue weighted by Crippen LogP contribution is -2.48. The number of aromatic nitrogens is 2. The minimum atomic E-state index is 0.0918. The summed E-state index contributed by atoms with van der Waals surface area (Å²) in [6.07, 6.45) is 5.48. The Hall–Kier alpha value is -3.47. The number of amides is 1. The van der Waals surface area contributed by atoms with E-state index >= 15 is 0 Å². The third kappa shape index (κ3) is 4.47. The third-order valence-corrected chi connectivity index (χ3v) is 6.96. The Labute approximate surface area is 200 Å². The maximum atomic E-state index is 14.0. The molecule has 0 aliphatic carbocycles. The van der Waals surface area contributed by atoms with Crippen molar-refractivity contribution >= 4 is 17.0 Å². The highest BCUT2D eigenvalue weighted by Gasteiger charge is 2.33. The van der Waals surface area contributed by atoms with Crippen molar-refractivity contribution in [3.8, 4) is 11.3 Å². The van der Waals surface area contributed by atoms with Gasteiger partial charge in [0.05, 0.1) is 5.69 Å². The van der Waals surface area contributed by atoms with Gasteiger partial charge in [-0.25, -0.2) is 4.98 Å². The van der Waals surface area contributed by atoms with Crippen LogP contribution >= 0.6 is 0 Å². The maximum absolute atomic E-state index is 14.0. The second-order valence-electron chi connectivity index (χ2n) is 9.57. The van der Waals surface area contributed by atoms with Crippen LogP contribution in [0, 0.1) is 19.8 Å². The monoisotopic (exact) mass is 453 g/mol. The average Bonchev–Trinajstić information content (AvgIpc) is 3.25. The van der Waals surface area contributed by atoms with E-state index in [0.29, 0.717) is 12.3 Å². The smallest absolute Gasteiger partial charge is 0.254 e. The molecule has 5 nitrogen and oxygen atoms in total. The van der Waals surface area contributed by atoms with Gasteiger partial charge in [-0.2, -0.15) is 0 Å². The van der Waals surface area contributed by atoms with Gasteiger partial charge in [0.15, 0.2) is 11.5 Å². The predicted octanol–water partition coefficient (Wildman–Crippen LogP) is 6.38. The molecule has 1 aliphatic heterocycles. The number of aryl methyl sites for hydroxylation is 3. The molecule has 174 valence electrons. The maximum Gasteiger partial charge on any atom is 0.254 e. The first kappa shape index (κ1) is 22.3. The summed E-state index contributed by atoms with van der Waals surface area (Å²) < 4.78 is 6.00. The summed E-state index contributed by atoms with van der Waals surface area (Å²) in [7, 11) is 0. The van der Waals surface area contributed by atoms with Crippen molar-refractivity contribution in [3.05, 3.63) is 83.4 Å². The van der Waals surface area contributed by atoms with Crippen LogP contribution in [0.1, 0.15) is 53.6 Å². The first-order valence-corrected chi connectivity index (χ1v) is 12.2. The number of benzene rings is 2. The van der Waals surface area contributed by atoms with Gasteiger partial charge in [-0.3, -0.25) is 9.78 Å². The molecule has 0 spiro atoms. The number of carbonyl (C=O) groups excluding carboxylic acids is 1. The summed E-state index contributed by atoms with van der Waals surface area (Å²) in [4.78, 5) is 25.2. The molecule has 0 bridgehead atoms. The van der Waals surface area contributed by atoms with E-state index < -0.39 is 0 Å². The molecule has 0 radical (unpaired) electrons. The molecule has 2 aromatic carbocycles. The van der Waals surface area contributed by atoms with E-state index in [1.165, 1.54) is 5.56 Å². The number of pyridine rings is 1. The fourth-order valence-electron chi connectivity index (χ4n) is 5.14. The Bertz CT molecular complexity index is 1310. The third-order valence-electron chi connectivity index (χ3n) is 6.96. The molecular weight excluding hydrogens is 422 g/mol. The van der Waals surface area contributed by atoms with Gasteiger partial charge in [0, 0.05) is 36.3 Å². The Balaban J connectivity index is 1.41. The van der Waals surface area contributed by atoms with Gasteiger partial charge in [-0.15, -0.1) is 0 Å². The van der Waals surface area contributed by atoms with E-state index in [-0.39, 0.29) is 11.9 Å². The van der Waals surface area contributed by atoms with Crippen molar-refractivity contribution in [1.82, 2.24) is 14.9 Å². The molecule has 0 N–H and O–H groups in total. The Morgan fingerprint density at radius 3 is 2.74 bits per heavy atom. The molecule has 1 fully saturated rings. The van der Waals surface area contributed by atoms with Crippen molar-refractivity contribution in [3.63, 3.8) is 0 Å². The molecule has 5 rings (SSSR count). The van der Waals surface area contributed by atoms with Crippen LogP contribution in [0.2, 0.25) is 0 Å². The second-order valence-corrected chi connectivity index (χ2v) is 9.57. The summed E-state index contributed by atoms with van der Waals surface area (Å²) in [5.74, 6) is 1.26. The minimum absolute atomic E-state index is 0.0918. The van der Waals surface area contributed by atoms with E-state index in [4.69, 9.17) is 9.40 Å². The highest BCUT2D eigenvalue weighted by atomic mass is 16.3. The van der Waals surface area contributed by atoms with Crippen molar-refractivity contribution < 1.29 is 9.21 Å². The zero-order chi connectivity index (χ0) is 23.7. The number of oxazole rings is 1. The molecule has 2 aromatic heterocycles. The van der Waals surface area contributed by atoms with Crippen LogP contribution in [0.3, 0.4) is 0 Å². The fourth-order valence-corrected chi connectivity index (χ4v) is 5.14. The topological polar surface area (TPSA) is 59.2 Å². The van der Waals surface area contributed by atoms with Crippen LogP contribution < -0.4 is 0 Å². The summed E-state index contributed by atoms with van der Waals surface area (Å²) in [5.41, 5.74) is 6.43. The highest BCUT2D eigenvalue weighted by molar-refractivity contribution is 6.01. The number of hydrogen-bond donors (Lipinski definition) is 0. The van der Waals surface area contributed by atoms with Crippen LogP contribution in [-0.2, 0) is 6.42 Å². The molecule has 4 aromatic rings. The van der Waals surface area contributed by atoms with Crippen molar-refractivity contribution in [2.45, 2.75) is 52.5 Å². The molecule has 1 saturated heterocycles. The number of carbonyl (C=O) groups is 1. The van der Waals surface area contributed by atoms with E-state index in [2.05, 4.69) is 29.8 Å². The van der Waals surface area contributed by atoms with Gasteiger partial charge in [0.25, 0.3) is 5.91 Å². The summed E-state index contributed by atoms with van der Waals surface area (Å²) >= 11 is 0. The van der Waals surface area contributed by atoms with Crippen LogP contribution in [0.15, 0.2) is 65.2 Å². The first-order chi connectivity index (χ1) is 16.5. The summed E-state index contributed by atoms with van der Waals surface area (Å²) in [6, 6.07) is 18.1. The minimum Gasteiger partial charge on any atom is -0.441 e. The number of likely N-dealkylation sites (tertiary alicyclic amines) is 1. The zero-order valence-corrected chi connectivity index (χ0v) is 20.1. The number of rotatable bonds is 5. The van der Waals surface area contributed by atoms with Crippen LogP contribution in [0.4, 0.5) is 0 Å². The molecule has 3 heterocycles. The standard InChI is InChI=1S/C29H31N3O2/c1-19-9-11-22(24-8-4-5-15-30-24)23(17-19)29(33)32-16-6-7-21(3)26(32)12-14-28-31-25-18-20(2)10-13-27(25)34-28/h4-5,8-11,13,15,17-18,21,26H,6-7,12,14,16H2,1-3H3/t21-,26-/m1/s1. The Kier molecular flexibility index (Phi) is 6.18. The summed E-state index contributed by atoms with van der Waals surface area (Å²) in [6.45, 7) is 7.13. The van der Waals surface area contributed by atoms with Crippen LogP contribution in [0.25, 0.3) is 22.4 Å². The lowest BCUT2D eigenvalue weighted by Gasteiger charge is -2.40. The molecule has 1 amide bonds. The SMILES string of the molecule is Cc1ccc(-c2ccccn2)c(C(=O)N2CCC[C@@H](C)[C@H]2CCc2nc3cc(C)ccc3o2)c1. The molecule has 2 atom stereocenters.